The Kier molecular flexibility index (Phi) is 4.26. The summed E-state index contributed by atoms with van der Waals surface area (Å²) in [6.07, 6.45) is 0.751. The van der Waals surface area contributed by atoms with Gasteiger partial charge in [0, 0.05) is 34.1 Å². The van der Waals surface area contributed by atoms with E-state index < -0.39 is 0 Å². The zero-order chi connectivity index (χ0) is 19.1. The molecule has 0 atom stereocenters. The Morgan fingerprint density at radius 3 is 2.68 bits per heavy atom. The second-order valence-corrected chi connectivity index (χ2v) is 8.07. The van der Waals surface area contributed by atoms with Gasteiger partial charge in [-0.25, -0.2) is 9.31 Å². The van der Waals surface area contributed by atoms with Gasteiger partial charge in [0.05, 0.1) is 12.2 Å². The summed E-state index contributed by atoms with van der Waals surface area (Å²) in [5.74, 6) is 0.734. The average Bonchev–Trinajstić information content (AvgIpc) is 3.28. The summed E-state index contributed by atoms with van der Waals surface area (Å²) in [7, 11) is 0. The Balaban J connectivity index is 1.36. The molecule has 0 fully saturated rings. The maximum atomic E-state index is 12.6. The van der Waals surface area contributed by atoms with E-state index in [1.54, 1.807) is 35.6 Å². The van der Waals surface area contributed by atoms with Crippen LogP contribution in [0.1, 0.15) is 10.6 Å². The molecule has 0 saturated carbocycles. The summed E-state index contributed by atoms with van der Waals surface area (Å²) >= 11 is 7.49. The van der Waals surface area contributed by atoms with Gasteiger partial charge < -0.3 is 10.2 Å². The van der Waals surface area contributed by atoms with Crippen LogP contribution in [-0.2, 0) is 13.0 Å². The van der Waals surface area contributed by atoms with E-state index in [9.17, 15) is 4.79 Å². The predicted octanol–water partition coefficient (Wildman–Crippen LogP) is 4.70. The molecule has 0 aliphatic carbocycles. The molecule has 5 rings (SSSR count). The highest BCUT2D eigenvalue weighted by atomic mass is 35.5. The number of hydrogen-bond acceptors (Lipinski definition) is 4. The molecule has 2 aromatic heterocycles. The Hall–Kier alpha value is -2.90. The number of anilines is 1. The van der Waals surface area contributed by atoms with Crippen LogP contribution >= 0.6 is 22.9 Å². The molecule has 8 heteroatoms. The Labute approximate surface area is 170 Å². The molecule has 2 amide bonds. The quantitative estimate of drug-likeness (QED) is 0.522. The van der Waals surface area contributed by atoms with Gasteiger partial charge >= 0.3 is 6.03 Å². The number of amides is 2. The van der Waals surface area contributed by atoms with Crippen LogP contribution in [-0.4, -0.2) is 32.1 Å². The van der Waals surface area contributed by atoms with Crippen molar-refractivity contribution in [2.75, 3.05) is 11.9 Å². The molecule has 28 heavy (non-hydrogen) atoms. The van der Waals surface area contributed by atoms with Crippen molar-refractivity contribution in [2.45, 2.75) is 13.0 Å². The molecule has 1 aliphatic heterocycles. The van der Waals surface area contributed by atoms with E-state index in [2.05, 4.69) is 15.4 Å². The van der Waals surface area contributed by atoms with Crippen LogP contribution in [0.3, 0.4) is 0 Å². The smallest absolute Gasteiger partial charge is 0.319 e. The lowest BCUT2D eigenvalue weighted by Crippen LogP contribution is -2.38. The number of aromatic nitrogens is 3. The molecule has 1 aliphatic rings. The zero-order valence-corrected chi connectivity index (χ0v) is 16.4. The van der Waals surface area contributed by atoms with E-state index in [1.165, 1.54) is 0 Å². The standard InChI is InChI=1S/C20H16ClN5OS/c21-14-6-8-15(9-7-14)22-19(27)25-11-10-16-17(12-25)28-20-23-18(24-26(16)20)13-4-2-1-3-5-13/h1-9H,10-12H2,(H,22,27). The van der Waals surface area contributed by atoms with Crippen molar-refractivity contribution >= 4 is 39.6 Å². The van der Waals surface area contributed by atoms with Crippen molar-refractivity contribution in [3.8, 4) is 11.4 Å². The van der Waals surface area contributed by atoms with Crippen LogP contribution < -0.4 is 5.32 Å². The number of benzene rings is 2. The molecule has 140 valence electrons. The first-order chi connectivity index (χ1) is 13.7. The van der Waals surface area contributed by atoms with Crippen molar-refractivity contribution in [3.05, 3.63) is 70.2 Å². The lowest BCUT2D eigenvalue weighted by molar-refractivity contribution is 0.206. The minimum atomic E-state index is -0.114. The molecule has 0 spiro atoms. The third-order valence-corrected chi connectivity index (χ3v) is 6.05. The number of rotatable bonds is 2. The van der Waals surface area contributed by atoms with E-state index in [0.717, 1.165) is 39.0 Å². The normalized spacial score (nSPS) is 13.5. The largest absolute Gasteiger partial charge is 0.322 e. The Morgan fingerprint density at radius 1 is 1.11 bits per heavy atom. The number of carbonyl (C=O) groups is 1. The average molecular weight is 410 g/mol. The molecule has 0 saturated heterocycles. The van der Waals surface area contributed by atoms with Gasteiger partial charge in [0.15, 0.2) is 5.82 Å². The van der Waals surface area contributed by atoms with E-state index in [-0.39, 0.29) is 6.03 Å². The lowest BCUT2D eigenvalue weighted by Gasteiger charge is -2.26. The fourth-order valence-corrected chi connectivity index (χ4v) is 4.55. The zero-order valence-electron chi connectivity index (χ0n) is 14.8. The second kappa shape index (κ2) is 6.92. The Morgan fingerprint density at radius 2 is 1.89 bits per heavy atom. The van der Waals surface area contributed by atoms with Crippen molar-refractivity contribution in [3.63, 3.8) is 0 Å². The summed E-state index contributed by atoms with van der Waals surface area (Å²) in [6.45, 7) is 1.20. The minimum Gasteiger partial charge on any atom is -0.319 e. The SMILES string of the molecule is O=C(Nc1ccc(Cl)cc1)N1CCc2c(sc3nc(-c4ccccc4)nn23)C1. The van der Waals surface area contributed by atoms with Gasteiger partial charge in [-0.3, -0.25) is 0 Å². The van der Waals surface area contributed by atoms with Gasteiger partial charge in [-0.1, -0.05) is 53.3 Å². The fraction of sp³-hybridized carbons (Fsp3) is 0.150. The number of nitrogens with zero attached hydrogens (tertiary/aromatic N) is 4. The van der Waals surface area contributed by atoms with Crippen LogP contribution in [0, 0.1) is 0 Å². The van der Waals surface area contributed by atoms with Crippen LogP contribution in [0.5, 0.6) is 0 Å². The van der Waals surface area contributed by atoms with E-state index in [1.807, 2.05) is 39.7 Å². The summed E-state index contributed by atoms with van der Waals surface area (Å²) in [5, 5.41) is 8.25. The van der Waals surface area contributed by atoms with Crippen LogP contribution in [0.4, 0.5) is 10.5 Å². The lowest BCUT2D eigenvalue weighted by atomic mass is 10.2. The van der Waals surface area contributed by atoms with E-state index in [4.69, 9.17) is 11.6 Å². The first kappa shape index (κ1) is 17.2. The Bertz CT molecular complexity index is 1150. The van der Waals surface area contributed by atoms with Gasteiger partial charge in [0.1, 0.15) is 0 Å². The number of hydrogen-bond donors (Lipinski definition) is 1. The second-order valence-electron chi connectivity index (χ2n) is 6.58. The summed E-state index contributed by atoms with van der Waals surface area (Å²) < 4.78 is 1.93. The monoisotopic (exact) mass is 409 g/mol. The van der Waals surface area contributed by atoms with Crippen LogP contribution in [0.25, 0.3) is 16.3 Å². The van der Waals surface area contributed by atoms with Gasteiger partial charge in [-0.2, -0.15) is 4.98 Å². The van der Waals surface area contributed by atoms with Crippen LogP contribution in [0.15, 0.2) is 54.6 Å². The van der Waals surface area contributed by atoms with Crippen molar-refractivity contribution in [2.24, 2.45) is 0 Å². The maximum Gasteiger partial charge on any atom is 0.322 e. The van der Waals surface area contributed by atoms with Gasteiger partial charge in [-0.15, -0.1) is 5.10 Å². The first-order valence-corrected chi connectivity index (χ1v) is 10.1. The van der Waals surface area contributed by atoms with E-state index in [0.29, 0.717) is 18.1 Å². The molecule has 6 nitrogen and oxygen atoms in total. The van der Waals surface area contributed by atoms with Gasteiger partial charge in [-0.05, 0) is 24.3 Å². The summed E-state index contributed by atoms with van der Waals surface area (Å²) in [6, 6.07) is 17.0. The van der Waals surface area contributed by atoms with Crippen LogP contribution in [0.2, 0.25) is 5.02 Å². The number of thiazole rings is 1. The minimum absolute atomic E-state index is 0.114. The number of nitrogens with one attached hydrogen (secondary N) is 1. The topological polar surface area (TPSA) is 62.5 Å². The molecule has 0 radical (unpaired) electrons. The maximum absolute atomic E-state index is 12.6. The van der Waals surface area contributed by atoms with Crippen molar-refractivity contribution in [1.29, 1.82) is 0 Å². The molecule has 1 N–H and O–H groups in total. The molecule has 0 unspecified atom stereocenters. The molecule has 4 aromatic rings. The number of fused-ring (bicyclic) bond motifs is 3. The molecular weight excluding hydrogens is 394 g/mol. The first-order valence-electron chi connectivity index (χ1n) is 8.91. The summed E-state index contributed by atoms with van der Waals surface area (Å²) in [4.78, 5) is 21.1. The number of urea groups is 1. The van der Waals surface area contributed by atoms with Crippen molar-refractivity contribution in [1.82, 2.24) is 19.5 Å². The third-order valence-electron chi connectivity index (χ3n) is 4.74. The summed E-state index contributed by atoms with van der Waals surface area (Å²) in [5.41, 5.74) is 2.88. The third kappa shape index (κ3) is 3.12. The number of halogens is 1. The molecule has 3 heterocycles. The highest BCUT2D eigenvalue weighted by Gasteiger charge is 2.26. The fourth-order valence-electron chi connectivity index (χ4n) is 3.31. The highest BCUT2D eigenvalue weighted by molar-refractivity contribution is 7.17. The van der Waals surface area contributed by atoms with Gasteiger partial charge in [0.2, 0.25) is 4.96 Å². The van der Waals surface area contributed by atoms with Crippen molar-refractivity contribution < 1.29 is 4.79 Å². The molecule has 2 aromatic carbocycles. The molecule has 0 bridgehead atoms. The molecular formula is C20H16ClN5OS. The van der Waals surface area contributed by atoms with Gasteiger partial charge in [0.25, 0.3) is 0 Å². The highest BCUT2D eigenvalue weighted by Crippen LogP contribution is 2.29. The predicted molar refractivity (Wildman–Crippen MR) is 111 cm³/mol. The van der Waals surface area contributed by atoms with E-state index >= 15 is 0 Å². The number of carbonyl (C=O) groups excluding carboxylic acids is 1.